The van der Waals surface area contributed by atoms with Crippen LogP contribution in [0.4, 0.5) is 0 Å². The highest BCUT2D eigenvalue weighted by molar-refractivity contribution is 9.10. The summed E-state index contributed by atoms with van der Waals surface area (Å²) in [7, 11) is 0. The van der Waals surface area contributed by atoms with E-state index in [2.05, 4.69) is 15.9 Å². The van der Waals surface area contributed by atoms with Crippen LogP contribution in [0.25, 0.3) is 0 Å². The van der Waals surface area contributed by atoms with Crippen LogP contribution in [-0.4, -0.2) is 24.9 Å². The van der Waals surface area contributed by atoms with Crippen molar-refractivity contribution in [3.05, 3.63) is 28.2 Å². The van der Waals surface area contributed by atoms with Crippen LogP contribution in [0.15, 0.2) is 22.7 Å². The number of ether oxygens (including phenoxy) is 2. The second-order valence-electron chi connectivity index (χ2n) is 4.40. The molecule has 1 N–H and O–H groups in total. The van der Waals surface area contributed by atoms with E-state index in [0.717, 1.165) is 35.4 Å². The number of aliphatic hydroxyl groups is 1. The van der Waals surface area contributed by atoms with Gasteiger partial charge in [-0.25, -0.2) is 0 Å². The molecule has 0 amide bonds. The minimum atomic E-state index is -0.526. The van der Waals surface area contributed by atoms with Crippen LogP contribution >= 0.6 is 15.9 Å². The SMILES string of the molecule is CC(O)c1cc(Br)ccc1OCC1CCOC1. The average molecular weight is 301 g/mol. The molecule has 94 valence electrons. The Labute approximate surface area is 110 Å². The summed E-state index contributed by atoms with van der Waals surface area (Å²) in [6, 6.07) is 5.71. The average Bonchev–Trinajstić information content (AvgIpc) is 2.80. The van der Waals surface area contributed by atoms with Crippen LogP contribution in [0.5, 0.6) is 5.75 Å². The first kappa shape index (κ1) is 12.9. The molecular formula is C13H17BrO3. The molecule has 0 radical (unpaired) electrons. The van der Waals surface area contributed by atoms with E-state index in [1.165, 1.54) is 0 Å². The van der Waals surface area contributed by atoms with E-state index >= 15 is 0 Å². The summed E-state index contributed by atoms with van der Waals surface area (Å²) < 4.78 is 12.0. The lowest BCUT2D eigenvalue weighted by Gasteiger charge is -2.15. The van der Waals surface area contributed by atoms with Crippen molar-refractivity contribution in [2.24, 2.45) is 5.92 Å². The highest BCUT2D eigenvalue weighted by atomic mass is 79.9. The van der Waals surface area contributed by atoms with Gasteiger partial charge in [0.2, 0.25) is 0 Å². The zero-order chi connectivity index (χ0) is 12.3. The molecule has 1 fully saturated rings. The lowest BCUT2D eigenvalue weighted by Crippen LogP contribution is -2.12. The van der Waals surface area contributed by atoms with Gasteiger partial charge in [-0.3, -0.25) is 0 Å². The summed E-state index contributed by atoms with van der Waals surface area (Å²) in [6.07, 6.45) is 0.530. The maximum absolute atomic E-state index is 9.70. The first-order valence-corrected chi connectivity index (χ1v) is 6.64. The van der Waals surface area contributed by atoms with Crippen molar-refractivity contribution in [3.63, 3.8) is 0 Å². The minimum Gasteiger partial charge on any atom is -0.493 e. The van der Waals surface area contributed by atoms with Gasteiger partial charge in [0.05, 0.1) is 19.3 Å². The van der Waals surface area contributed by atoms with E-state index in [-0.39, 0.29) is 0 Å². The molecular weight excluding hydrogens is 284 g/mol. The molecule has 2 atom stereocenters. The predicted molar refractivity (Wildman–Crippen MR) is 69.2 cm³/mol. The van der Waals surface area contributed by atoms with Crippen LogP contribution < -0.4 is 4.74 Å². The first-order chi connectivity index (χ1) is 8.16. The van der Waals surface area contributed by atoms with E-state index in [0.29, 0.717) is 12.5 Å². The Morgan fingerprint density at radius 3 is 3.06 bits per heavy atom. The molecule has 1 aliphatic rings. The molecule has 0 bridgehead atoms. The number of halogens is 1. The molecule has 0 aromatic heterocycles. The van der Waals surface area contributed by atoms with E-state index < -0.39 is 6.10 Å². The zero-order valence-corrected chi connectivity index (χ0v) is 11.4. The maximum Gasteiger partial charge on any atom is 0.125 e. The second-order valence-corrected chi connectivity index (χ2v) is 5.31. The molecule has 2 rings (SSSR count). The lowest BCUT2D eigenvalue weighted by molar-refractivity contribution is 0.162. The summed E-state index contributed by atoms with van der Waals surface area (Å²) >= 11 is 3.40. The molecule has 1 saturated heterocycles. The van der Waals surface area contributed by atoms with Crippen molar-refractivity contribution >= 4 is 15.9 Å². The smallest absolute Gasteiger partial charge is 0.125 e. The van der Waals surface area contributed by atoms with Gasteiger partial charge in [0.25, 0.3) is 0 Å². The van der Waals surface area contributed by atoms with Gasteiger partial charge in [-0.2, -0.15) is 0 Å². The number of hydrogen-bond acceptors (Lipinski definition) is 3. The van der Waals surface area contributed by atoms with E-state index in [4.69, 9.17) is 9.47 Å². The molecule has 1 aromatic rings. The van der Waals surface area contributed by atoms with Crippen LogP contribution in [0.1, 0.15) is 25.0 Å². The second kappa shape index (κ2) is 5.85. The molecule has 17 heavy (non-hydrogen) atoms. The van der Waals surface area contributed by atoms with Gasteiger partial charge < -0.3 is 14.6 Å². The first-order valence-electron chi connectivity index (χ1n) is 5.85. The third kappa shape index (κ3) is 3.44. The standard InChI is InChI=1S/C13H17BrO3/c1-9(15)12-6-11(14)2-3-13(12)17-8-10-4-5-16-7-10/h2-3,6,9-10,15H,4-5,7-8H2,1H3. The van der Waals surface area contributed by atoms with Crippen LogP contribution in [0.3, 0.4) is 0 Å². The third-order valence-electron chi connectivity index (χ3n) is 2.92. The molecule has 1 aliphatic heterocycles. The zero-order valence-electron chi connectivity index (χ0n) is 9.86. The summed E-state index contributed by atoms with van der Waals surface area (Å²) in [4.78, 5) is 0. The minimum absolute atomic E-state index is 0.473. The van der Waals surface area contributed by atoms with Gasteiger partial charge in [0.15, 0.2) is 0 Å². The topological polar surface area (TPSA) is 38.7 Å². The number of hydrogen-bond donors (Lipinski definition) is 1. The van der Waals surface area contributed by atoms with Gasteiger partial charge in [0.1, 0.15) is 5.75 Å². The van der Waals surface area contributed by atoms with Crippen LogP contribution in [0, 0.1) is 5.92 Å². The quantitative estimate of drug-likeness (QED) is 0.929. The summed E-state index contributed by atoms with van der Waals surface area (Å²) in [5.74, 6) is 1.23. The molecule has 2 unspecified atom stereocenters. The Bertz CT molecular complexity index is 373. The Hall–Kier alpha value is -0.580. The van der Waals surface area contributed by atoms with Crippen LogP contribution in [0.2, 0.25) is 0 Å². The molecule has 0 spiro atoms. The number of rotatable bonds is 4. The fraction of sp³-hybridized carbons (Fsp3) is 0.538. The number of benzene rings is 1. The van der Waals surface area contributed by atoms with Crippen molar-refractivity contribution in [3.8, 4) is 5.75 Å². The van der Waals surface area contributed by atoms with Gasteiger partial charge in [-0.1, -0.05) is 15.9 Å². The molecule has 3 nitrogen and oxygen atoms in total. The summed E-state index contributed by atoms with van der Waals surface area (Å²) in [5.41, 5.74) is 0.818. The van der Waals surface area contributed by atoms with Gasteiger partial charge >= 0.3 is 0 Å². The fourth-order valence-electron chi connectivity index (χ4n) is 1.90. The van der Waals surface area contributed by atoms with Crippen molar-refractivity contribution in [2.45, 2.75) is 19.4 Å². The fourth-order valence-corrected chi connectivity index (χ4v) is 2.28. The Balaban J connectivity index is 2.03. The van der Waals surface area contributed by atoms with Crippen molar-refractivity contribution in [1.29, 1.82) is 0 Å². The Morgan fingerprint density at radius 1 is 1.59 bits per heavy atom. The van der Waals surface area contributed by atoms with Crippen molar-refractivity contribution in [1.82, 2.24) is 0 Å². The lowest BCUT2D eigenvalue weighted by atomic mass is 10.1. The molecule has 1 aromatic carbocycles. The Morgan fingerprint density at radius 2 is 2.41 bits per heavy atom. The largest absolute Gasteiger partial charge is 0.493 e. The predicted octanol–water partition coefficient (Wildman–Crippen LogP) is 2.92. The maximum atomic E-state index is 9.70. The van der Waals surface area contributed by atoms with Gasteiger partial charge in [-0.05, 0) is 31.5 Å². The van der Waals surface area contributed by atoms with Crippen molar-refractivity contribution in [2.75, 3.05) is 19.8 Å². The highest BCUT2D eigenvalue weighted by Gasteiger charge is 2.17. The van der Waals surface area contributed by atoms with Crippen molar-refractivity contribution < 1.29 is 14.6 Å². The van der Waals surface area contributed by atoms with Gasteiger partial charge in [0, 0.05) is 22.6 Å². The molecule has 0 aliphatic carbocycles. The molecule has 4 heteroatoms. The third-order valence-corrected chi connectivity index (χ3v) is 3.41. The van der Waals surface area contributed by atoms with E-state index in [1.807, 2.05) is 18.2 Å². The summed E-state index contributed by atoms with van der Waals surface area (Å²) in [5, 5.41) is 9.70. The number of aliphatic hydroxyl groups excluding tert-OH is 1. The van der Waals surface area contributed by atoms with Gasteiger partial charge in [-0.15, -0.1) is 0 Å². The summed E-state index contributed by atoms with van der Waals surface area (Å²) in [6.45, 7) is 4.01. The molecule has 0 saturated carbocycles. The van der Waals surface area contributed by atoms with Crippen LogP contribution in [-0.2, 0) is 4.74 Å². The van der Waals surface area contributed by atoms with E-state index in [9.17, 15) is 5.11 Å². The highest BCUT2D eigenvalue weighted by Crippen LogP contribution is 2.29. The molecule has 1 heterocycles. The van der Waals surface area contributed by atoms with E-state index in [1.54, 1.807) is 6.92 Å². The normalized spacial score (nSPS) is 21.5. The monoisotopic (exact) mass is 300 g/mol. The Kier molecular flexibility index (Phi) is 4.42.